The Morgan fingerprint density at radius 3 is 2.81 bits per heavy atom. The molecule has 0 aliphatic rings. The van der Waals surface area contributed by atoms with E-state index in [1.165, 1.54) is 34.6 Å². The molecule has 136 valence electrons. The minimum atomic E-state index is -0.574. The fourth-order valence-corrected chi connectivity index (χ4v) is 3.65. The van der Waals surface area contributed by atoms with E-state index in [4.69, 9.17) is 9.15 Å². The maximum absolute atomic E-state index is 14.2. The number of benzene rings is 2. The predicted octanol–water partition coefficient (Wildman–Crippen LogP) is 4.88. The summed E-state index contributed by atoms with van der Waals surface area (Å²) in [5.41, 5.74) is 0.695. The molecule has 0 saturated carbocycles. The van der Waals surface area contributed by atoms with Crippen LogP contribution in [0.4, 0.5) is 9.52 Å². The summed E-state index contributed by atoms with van der Waals surface area (Å²) in [4.78, 5) is 19.1. The number of furan rings is 1. The van der Waals surface area contributed by atoms with Crippen molar-refractivity contribution in [2.75, 3.05) is 12.0 Å². The SMILES string of the molecule is COc1ccc2sc(N(Cc3ccco3)C(=O)c3ccccc3F)nc2c1. The quantitative estimate of drug-likeness (QED) is 0.493. The van der Waals surface area contributed by atoms with Crippen LogP contribution in [-0.2, 0) is 6.54 Å². The Morgan fingerprint density at radius 1 is 1.22 bits per heavy atom. The number of amides is 1. The van der Waals surface area contributed by atoms with Gasteiger partial charge in [0.2, 0.25) is 0 Å². The van der Waals surface area contributed by atoms with Crippen molar-refractivity contribution in [1.29, 1.82) is 0 Å². The van der Waals surface area contributed by atoms with E-state index in [1.807, 2.05) is 12.1 Å². The van der Waals surface area contributed by atoms with Gasteiger partial charge in [-0.2, -0.15) is 0 Å². The van der Waals surface area contributed by atoms with Gasteiger partial charge in [0.15, 0.2) is 5.13 Å². The molecule has 0 radical (unpaired) electrons. The van der Waals surface area contributed by atoms with Crippen molar-refractivity contribution >= 4 is 32.6 Å². The van der Waals surface area contributed by atoms with E-state index < -0.39 is 11.7 Å². The highest BCUT2D eigenvalue weighted by Crippen LogP contribution is 2.33. The highest BCUT2D eigenvalue weighted by molar-refractivity contribution is 7.22. The third-order valence-electron chi connectivity index (χ3n) is 4.06. The second kappa shape index (κ2) is 7.20. The van der Waals surface area contributed by atoms with Crippen LogP contribution in [0.1, 0.15) is 16.1 Å². The molecule has 7 heteroatoms. The molecule has 0 bridgehead atoms. The van der Waals surface area contributed by atoms with Crippen molar-refractivity contribution in [3.8, 4) is 5.75 Å². The van der Waals surface area contributed by atoms with Crippen molar-refractivity contribution in [3.63, 3.8) is 0 Å². The number of carbonyl (C=O) groups is 1. The Morgan fingerprint density at radius 2 is 2.07 bits per heavy atom. The molecule has 2 aromatic heterocycles. The highest BCUT2D eigenvalue weighted by atomic mass is 32.1. The Kier molecular flexibility index (Phi) is 4.60. The van der Waals surface area contributed by atoms with Gasteiger partial charge >= 0.3 is 0 Å². The molecule has 4 aromatic rings. The van der Waals surface area contributed by atoms with Crippen LogP contribution in [0.2, 0.25) is 0 Å². The lowest BCUT2D eigenvalue weighted by molar-refractivity contribution is 0.0979. The first kappa shape index (κ1) is 17.2. The number of hydrogen-bond acceptors (Lipinski definition) is 5. The second-order valence-electron chi connectivity index (χ2n) is 5.78. The highest BCUT2D eigenvalue weighted by Gasteiger charge is 2.24. The van der Waals surface area contributed by atoms with Gasteiger partial charge in [0, 0.05) is 6.07 Å². The molecule has 2 heterocycles. The lowest BCUT2D eigenvalue weighted by atomic mass is 10.2. The van der Waals surface area contributed by atoms with E-state index >= 15 is 0 Å². The minimum absolute atomic E-state index is 0.0131. The number of ether oxygens (including phenoxy) is 1. The first-order valence-electron chi connectivity index (χ1n) is 8.19. The van der Waals surface area contributed by atoms with Gasteiger partial charge in [-0.1, -0.05) is 23.5 Å². The Labute approximate surface area is 158 Å². The summed E-state index contributed by atoms with van der Waals surface area (Å²) in [5, 5.41) is 0.461. The summed E-state index contributed by atoms with van der Waals surface area (Å²) >= 11 is 1.35. The number of rotatable bonds is 5. The third kappa shape index (κ3) is 3.41. The van der Waals surface area contributed by atoms with Crippen LogP contribution in [0.25, 0.3) is 10.2 Å². The first-order valence-corrected chi connectivity index (χ1v) is 9.00. The van der Waals surface area contributed by atoms with Gasteiger partial charge in [0.25, 0.3) is 5.91 Å². The van der Waals surface area contributed by atoms with Crippen molar-refractivity contribution < 1.29 is 18.3 Å². The fraction of sp³-hybridized carbons (Fsp3) is 0.100. The van der Waals surface area contributed by atoms with Crippen molar-refractivity contribution in [3.05, 3.63) is 78.0 Å². The summed E-state index contributed by atoms with van der Waals surface area (Å²) in [6.45, 7) is 0.150. The maximum atomic E-state index is 14.2. The summed E-state index contributed by atoms with van der Waals surface area (Å²) in [6, 6.07) is 14.9. The van der Waals surface area contributed by atoms with Gasteiger partial charge in [-0.25, -0.2) is 9.37 Å². The zero-order valence-corrected chi connectivity index (χ0v) is 15.2. The van der Waals surface area contributed by atoms with E-state index in [1.54, 1.807) is 37.4 Å². The summed E-state index contributed by atoms with van der Waals surface area (Å²) in [7, 11) is 1.58. The van der Waals surface area contributed by atoms with Crippen molar-refractivity contribution in [1.82, 2.24) is 4.98 Å². The molecule has 0 saturated heterocycles. The monoisotopic (exact) mass is 382 g/mol. The molecule has 0 unspecified atom stereocenters. The molecule has 27 heavy (non-hydrogen) atoms. The molecule has 1 amide bonds. The number of carbonyl (C=O) groups excluding carboxylic acids is 1. The van der Waals surface area contributed by atoms with Crippen LogP contribution in [0.3, 0.4) is 0 Å². The lowest BCUT2D eigenvalue weighted by Gasteiger charge is -2.19. The molecule has 0 atom stereocenters. The van der Waals surface area contributed by atoms with Gasteiger partial charge in [-0.3, -0.25) is 9.69 Å². The Bertz CT molecular complexity index is 1090. The molecule has 0 aliphatic carbocycles. The van der Waals surface area contributed by atoms with Gasteiger partial charge in [0.1, 0.15) is 17.3 Å². The van der Waals surface area contributed by atoms with Crippen LogP contribution >= 0.6 is 11.3 Å². The first-order chi connectivity index (χ1) is 13.2. The largest absolute Gasteiger partial charge is 0.497 e. The smallest absolute Gasteiger partial charge is 0.263 e. The van der Waals surface area contributed by atoms with Gasteiger partial charge < -0.3 is 9.15 Å². The zero-order valence-electron chi connectivity index (χ0n) is 14.4. The van der Waals surface area contributed by atoms with Crippen LogP contribution in [0.5, 0.6) is 5.75 Å². The average molecular weight is 382 g/mol. The molecule has 0 spiro atoms. The molecule has 0 fully saturated rings. The Hall–Kier alpha value is -3.19. The molecular weight excluding hydrogens is 367 g/mol. The molecule has 4 rings (SSSR count). The number of methoxy groups -OCH3 is 1. The molecule has 2 aromatic carbocycles. The topological polar surface area (TPSA) is 55.6 Å². The predicted molar refractivity (Wildman–Crippen MR) is 102 cm³/mol. The van der Waals surface area contributed by atoms with E-state index in [0.717, 1.165) is 4.70 Å². The third-order valence-corrected chi connectivity index (χ3v) is 5.12. The molecule has 5 nitrogen and oxygen atoms in total. The van der Waals surface area contributed by atoms with Crippen LogP contribution in [0, 0.1) is 5.82 Å². The fourth-order valence-electron chi connectivity index (χ4n) is 2.70. The van der Waals surface area contributed by atoms with Crippen molar-refractivity contribution in [2.24, 2.45) is 0 Å². The van der Waals surface area contributed by atoms with Crippen LogP contribution in [0.15, 0.2) is 65.3 Å². The number of fused-ring (bicyclic) bond motifs is 1. The standard InChI is InChI=1S/C20H15FN2O3S/c1-25-13-8-9-18-17(11-13)22-20(27-18)23(12-14-5-4-10-26-14)19(24)15-6-2-3-7-16(15)21/h2-11H,12H2,1H3. The summed E-state index contributed by atoms with van der Waals surface area (Å²) in [6.07, 6.45) is 1.53. The zero-order chi connectivity index (χ0) is 18.8. The number of thiazole rings is 1. The van der Waals surface area contributed by atoms with Crippen LogP contribution in [-0.4, -0.2) is 18.0 Å². The lowest BCUT2D eigenvalue weighted by Crippen LogP contribution is -2.30. The average Bonchev–Trinajstić information content (AvgIpc) is 3.34. The van der Waals surface area contributed by atoms with Gasteiger partial charge in [0.05, 0.1) is 35.7 Å². The summed E-state index contributed by atoms with van der Waals surface area (Å²) in [5.74, 6) is 0.208. The van der Waals surface area contributed by atoms with Crippen molar-refractivity contribution in [2.45, 2.75) is 6.54 Å². The van der Waals surface area contributed by atoms with Gasteiger partial charge in [-0.05, 0) is 36.4 Å². The number of hydrogen-bond donors (Lipinski definition) is 0. The van der Waals surface area contributed by atoms with E-state index in [-0.39, 0.29) is 12.1 Å². The summed E-state index contributed by atoms with van der Waals surface area (Å²) < 4.78 is 25.7. The Balaban J connectivity index is 1.78. The van der Waals surface area contributed by atoms with E-state index in [0.29, 0.717) is 22.2 Å². The normalized spacial score (nSPS) is 10.9. The molecule has 0 N–H and O–H groups in total. The minimum Gasteiger partial charge on any atom is -0.497 e. The molecule has 0 aliphatic heterocycles. The maximum Gasteiger partial charge on any atom is 0.263 e. The van der Waals surface area contributed by atoms with Crippen LogP contribution < -0.4 is 9.64 Å². The van der Waals surface area contributed by atoms with E-state index in [9.17, 15) is 9.18 Å². The second-order valence-corrected chi connectivity index (χ2v) is 6.79. The van der Waals surface area contributed by atoms with E-state index in [2.05, 4.69) is 4.98 Å². The number of anilines is 1. The van der Waals surface area contributed by atoms with Gasteiger partial charge in [-0.15, -0.1) is 0 Å². The number of aromatic nitrogens is 1. The number of halogens is 1. The molecular formula is C20H15FN2O3S. The number of nitrogens with zero attached hydrogens (tertiary/aromatic N) is 2.